The molecule has 15 heavy (non-hydrogen) atoms. The van der Waals surface area contributed by atoms with Crippen molar-refractivity contribution in [2.75, 3.05) is 0 Å². The molecule has 2 rings (SSSR count). The minimum absolute atomic E-state index is 0.110. The Morgan fingerprint density at radius 3 is 2.73 bits per heavy atom. The number of rotatable bonds is 1. The van der Waals surface area contributed by atoms with Gasteiger partial charge in [0.1, 0.15) is 11.7 Å². The molecule has 4 nitrogen and oxygen atoms in total. The van der Waals surface area contributed by atoms with Crippen molar-refractivity contribution in [3.63, 3.8) is 0 Å². The fourth-order valence-corrected chi connectivity index (χ4v) is 1.96. The first-order chi connectivity index (χ1) is 6.91. The molecule has 86 valence electrons. The largest absolute Gasteiger partial charge is 0.511 e. The Labute approximate surface area is 89.9 Å². The van der Waals surface area contributed by atoms with Gasteiger partial charge in [-0.3, -0.25) is 0 Å². The fourth-order valence-electron chi connectivity index (χ4n) is 1.96. The van der Waals surface area contributed by atoms with Crippen molar-refractivity contribution in [2.45, 2.75) is 63.9 Å². The summed E-state index contributed by atoms with van der Waals surface area (Å²) in [6.45, 7) is 5.45. The summed E-state index contributed by atoms with van der Waals surface area (Å²) in [5.74, 6) is -0.638. The van der Waals surface area contributed by atoms with Crippen molar-refractivity contribution in [3.8, 4) is 0 Å². The van der Waals surface area contributed by atoms with Crippen LogP contribution in [0.1, 0.15) is 46.5 Å². The quantitative estimate of drug-likeness (QED) is 0.497. The molecule has 0 radical (unpaired) electrons. The fraction of sp³-hybridized carbons (Fsp3) is 0.909. The van der Waals surface area contributed by atoms with Crippen LogP contribution in [0, 0.1) is 0 Å². The first-order valence-electron chi connectivity index (χ1n) is 5.51. The molecule has 2 fully saturated rings. The van der Waals surface area contributed by atoms with Gasteiger partial charge in [0, 0.05) is 6.42 Å². The molecular formula is C11H18O4. The van der Waals surface area contributed by atoms with E-state index in [0.29, 0.717) is 0 Å². The average molecular weight is 214 g/mol. The van der Waals surface area contributed by atoms with Gasteiger partial charge >= 0.3 is 6.16 Å². The van der Waals surface area contributed by atoms with Crippen LogP contribution in [0.4, 0.5) is 4.79 Å². The Balaban J connectivity index is 1.85. The van der Waals surface area contributed by atoms with Gasteiger partial charge in [-0.05, 0) is 33.6 Å². The molecule has 1 saturated heterocycles. The van der Waals surface area contributed by atoms with Crippen LogP contribution in [0.5, 0.6) is 0 Å². The van der Waals surface area contributed by atoms with Gasteiger partial charge < -0.3 is 14.2 Å². The van der Waals surface area contributed by atoms with E-state index in [1.54, 1.807) is 0 Å². The maximum Gasteiger partial charge on any atom is 0.511 e. The van der Waals surface area contributed by atoms with E-state index in [9.17, 15) is 4.79 Å². The summed E-state index contributed by atoms with van der Waals surface area (Å²) in [4.78, 5) is 11.4. The molecule has 0 aromatic rings. The highest BCUT2D eigenvalue weighted by Gasteiger charge is 2.61. The Hall–Kier alpha value is -0.770. The van der Waals surface area contributed by atoms with Crippen LogP contribution in [-0.4, -0.2) is 23.6 Å². The van der Waals surface area contributed by atoms with E-state index < -0.39 is 17.5 Å². The molecule has 1 saturated carbocycles. The van der Waals surface area contributed by atoms with Gasteiger partial charge in [0.05, 0.1) is 0 Å². The van der Waals surface area contributed by atoms with Gasteiger partial charge in [-0.2, -0.15) is 0 Å². The lowest BCUT2D eigenvalue weighted by atomic mass is 9.98. The van der Waals surface area contributed by atoms with E-state index in [-0.39, 0.29) is 6.10 Å². The molecule has 0 N–H and O–H groups in total. The van der Waals surface area contributed by atoms with Gasteiger partial charge in [0.25, 0.3) is 0 Å². The molecule has 0 unspecified atom stereocenters. The molecule has 1 aliphatic carbocycles. The van der Waals surface area contributed by atoms with Crippen LogP contribution in [0.25, 0.3) is 0 Å². The second kappa shape index (κ2) is 3.37. The van der Waals surface area contributed by atoms with E-state index in [0.717, 1.165) is 25.7 Å². The van der Waals surface area contributed by atoms with Gasteiger partial charge in [-0.25, -0.2) is 4.79 Å². The molecule has 2 atom stereocenters. The average Bonchev–Trinajstić information content (AvgIpc) is 2.73. The first-order valence-corrected chi connectivity index (χ1v) is 5.51. The molecule has 0 amide bonds. The SMILES string of the molecule is CC(C)(C)OC(=O)O[C@]12CCCC[C@H]1O2. The lowest BCUT2D eigenvalue weighted by Gasteiger charge is -2.22. The van der Waals surface area contributed by atoms with Gasteiger partial charge in [-0.15, -0.1) is 0 Å². The van der Waals surface area contributed by atoms with E-state index in [1.165, 1.54) is 0 Å². The van der Waals surface area contributed by atoms with E-state index in [4.69, 9.17) is 14.2 Å². The molecule has 0 aromatic carbocycles. The van der Waals surface area contributed by atoms with Crippen molar-refractivity contribution in [1.82, 2.24) is 0 Å². The number of epoxide rings is 1. The molecule has 0 aromatic heterocycles. The van der Waals surface area contributed by atoms with Crippen LogP contribution >= 0.6 is 0 Å². The minimum atomic E-state index is -0.638. The van der Waals surface area contributed by atoms with Crippen LogP contribution in [-0.2, 0) is 14.2 Å². The number of hydrogen-bond donors (Lipinski definition) is 0. The zero-order valence-corrected chi connectivity index (χ0v) is 9.54. The van der Waals surface area contributed by atoms with Gasteiger partial charge in [0.2, 0.25) is 5.79 Å². The highest BCUT2D eigenvalue weighted by Crippen LogP contribution is 2.48. The molecule has 0 bridgehead atoms. The van der Waals surface area contributed by atoms with Crippen molar-refractivity contribution in [2.24, 2.45) is 0 Å². The van der Waals surface area contributed by atoms with Crippen molar-refractivity contribution >= 4 is 6.16 Å². The third-order valence-corrected chi connectivity index (χ3v) is 2.66. The summed E-state index contributed by atoms with van der Waals surface area (Å²) in [6, 6.07) is 0. The van der Waals surface area contributed by atoms with E-state index in [2.05, 4.69) is 0 Å². The summed E-state index contributed by atoms with van der Waals surface area (Å²) >= 11 is 0. The Kier molecular flexibility index (Phi) is 2.41. The predicted octanol–water partition coefficient (Wildman–Crippen LogP) is 2.61. The maximum absolute atomic E-state index is 11.4. The van der Waals surface area contributed by atoms with Crippen molar-refractivity contribution < 1.29 is 19.0 Å². The Bertz CT molecular complexity index is 268. The predicted molar refractivity (Wildman–Crippen MR) is 53.4 cm³/mol. The lowest BCUT2D eigenvalue weighted by molar-refractivity contribution is -0.0694. The van der Waals surface area contributed by atoms with E-state index in [1.807, 2.05) is 20.8 Å². The second-order valence-corrected chi connectivity index (χ2v) is 5.23. The van der Waals surface area contributed by atoms with Crippen molar-refractivity contribution in [3.05, 3.63) is 0 Å². The summed E-state index contributed by atoms with van der Waals surface area (Å²) in [5, 5.41) is 0. The molecular weight excluding hydrogens is 196 g/mol. The number of ether oxygens (including phenoxy) is 3. The maximum atomic E-state index is 11.4. The van der Waals surface area contributed by atoms with E-state index >= 15 is 0 Å². The van der Waals surface area contributed by atoms with Crippen LogP contribution < -0.4 is 0 Å². The Morgan fingerprint density at radius 1 is 1.40 bits per heavy atom. The smallest absolute Gasteiger partial charge is 0.428 e. The zero-order chi connectivity index (χ0) is 11.1. The molecule has 2 aliphatic rings. The number of hydrogen-bond acceptors (Lipinski definition) is 4. The number of fused-ring (bicyclic) bond motifs is 1. The van der Waals surface area contributed by atoms with Crippen LogP contribution in [0.3, 0.4) is 0 Å². The topological polar surface area (TPSA) is 48.1 Å². The van der Waals surface area contributed by atoms with Crippen LogP contribution in [0.2, 0.25) is 0 Å². The number of carbonyl (C=O) groups is 1. The normalized spacial score (nSPS) is 34.2. The third kappa shape index (κ3) is 2.43. The molecule has 1 aliphatic heterocycles. The van der Waals surface area contributed by atoms with Crippen molar-refractivity contribution in [1.29, 1.82) is 0 Å². The van der Waals surface area contributed by atoms with Crippen LogP contribution in [0.15, 0.2) is 0 Å². The lowest BCUT2D eigenvalue weighted by Crippen LogP contribution is -2.31. The molecule has 4 heteroatoms. The Morgan fingerprint density at radius 2 is 2.13 bits per heavy atom. The standard InChI is InChI=1S/C11H18O4/c1-10(2,3)14-9(12)15-11-7-5-4-6-8(11)13-11/h8H,4-7H2,1-3H3/t8-,11-/m1/s1. The second-order valence-electron chi connectivity index (χ2n) is 5.23. The third-order valence-electron chi connectivity index (χ3n) is 2.66. The first kappa shape index (κ1) is 10.7. The van der Waals surface area contributed by atoms with Gasteiger partial charge in [-0.1, -0.05) is 6.42 Å². The van der Waals surface area contributed by atoms with Gasteiger partial charge in [0.15, 0.2) is 0 Å². The monoisotopic (exact) mass is 214 g/mol. The minimum Gasteiger partial charge on any atom is -0.428 e. The summed E-state index contributed by atoms with van der Waals surface area (Å²) < 4.78 is 15.8. The molecule has 0 spiro atoms. The summed E-state index contributed by atoms with van der Waals surface area (Å²) in [7, 11) is 0. The zero-order valence-electron chi connectivity index (χ0n) is 9.54. The molecule has 1 heterocycles. The summed E-state index contributed by atoms with van der Waals surface area (Å²) in [6.07, 6.45) is 3.49. The highest BCUT2D eigenvalue weighted by molar-refractivity contribution is 5.61. The highest BCUT2D eigenvalue weighted by atomic mass is 16.9. The number of carbonyl (C=O) groups excluding carboxylic acids is 1. The summed E-state index contributed by atoms with van der Waals surface area (Å²) in [5.41, 5.74) is -0.507.